The van der Waals surface area contributed by atoms with Crippen molar-refractivity contribution in [2.75, 3.05) is 24.9 Å². The third-order valence-electron chi connectivity index (χ3n) is 4.59. The standard InChI is InChI=1S/C23H30N2O4/c1-4-5-6-7-11-14-22(26)24-18-15-21(29-3)19(16-20(18)28-2)25-23(27)17-12-9-8-10-13-17/h8-10,12-13,15-16H,4-7,11,14H2,1-3H3,(H,24,26)(H,25,27). The van der Waals surface area contributed by atoms with Crippen molar-refractivity contribution in [3.8, 4) is 11.5 Å². The van der Waals surface area contributed by atoms with Gasteiger partial charge in [-0.15, -0.1) is 0 Å². The van der Waals surface area contributed by atoms with Crippen LogP contribution in [0.4, 0.5) is 11.4 Å². The van der Waals surface area contributed by atoms with E-state index in [1.54, 1.807) is 36.4 Å². The van der Waals surface area contributed by atoms with E-state index in [-0.39, 0.29) is 11.8 Å². The van der Waals surface area contributed by atoms with Crippen LogP contribution in [0.15, 0.2) is 42.5 Å². The van der Waals surface area contributed by atoms with Crippen molar-refractivity contribution in [3.63, 3.8) is 0 Å². The van der Waals surface area contributed by atoms with Gasteiger partial charge >= 0.3 is 0 Å². The third-order valence-corrected chi connectivity index (χ3v) is 4.59. The molecule has 0 unspecified atom stereocenters. The molecule has 156 valence electrons. The minimum atomic E-state index is -0.255. The molecule has 0 aromatic heterocycles. The zero-order valence-corrected chi connectivity index (χ0v) is 17.4. The van der Waals surface area contributed by atoms with Gasteiger partial charge in [0.1, 0.15) is 11.5 Å². The maximum absolute atomic E-state index is 12.5. The molecule has 2 aromatic rings. The highest BCUT2D eigenvalue weighted by atomic mass is 16.5. The minimum absolute atomic E-state index is 0.0667. The predicted octanol–water partition coefficient (Wildman–Crippen LogP) is 5.26. The number of nitrogens with one attached hydrogen (secondary N) is 2. The van der Waals surface area contributed by atoms with E-state index in [0.717, 1.165) is 19.3 Å². The minimum Gasteiger partial charge on any atom is -0.494 e. The second-order valence-electron chi connectivity index (χ2n) is 6.79. The average Bonchev–Trinajstić information content (AvgIpc) is 2.74. The molecule has 0 heterocycles. The first-order valence-electron chi connectivity index (χ1n) is 10.0. The van der Waals surface area contributed by atoms with Crippen LogP contribution in [0.1, 0.15) is 55.8 Å². The van der Waals surface area contributed by atoms with Crippen LogP contribution in [0, 0.1) is 0 Å². The highest BCUT2D eigenvalue weighted by molar-refractivity contribution is 6.05. The van der Waals surface area contributed by atoms with Gasteiger partial charge in [-0.05, 0) is 18.6 Å². The van der Waals surface area contributed by atoms with Crippen molar-refractivity contribution < 1.29 is 19.1 Å². The number of rotatable bonds is 11. The van der Waals surface area contributed by atoms with E-state index in [1.807, 2.05) is 6.07 Å². The number of unbranched alkanes of at least 4 members (excludes halogenated alkanes) is 4. The quantitative estimate of drug-likeness (QED) is 0.507. The van der Waals surface area contributed by atoms with Crippen LogP contribution in [-0.4, -0.2) is 26.0 Å². The van der Waals surface area contributed by atoms with Gasteiger partial charge in [0.25, 0.3) is 5.91 Å². The predicted molar refractivity (Wildman–Crippen MR) is 116 cm³/mol. The van der Waals surface area contributed by atoms with Gasteiger partial charge in [-0.25, -0.2) is 0 Å². The molecule has 2 rings (SSSR count). The average molecular weight is 399 g/mol. The van der Waals surface area contributed by atoms with E-state index in [0.29, 0.717) is 34.9 Å². The van der Waals surface area contributed by atoms with Crippen molar-refractivity contribution >= 4 is 23.2 Å². The summed E-state index contributed by atoms with van der Waals surface area (Å²) in [5, 5.41) is 5.71. The van der Waals surface area contributed by atoms with Gasteiger partial charge in [-0.2, -0.15) is 0 Å². The summed E-state index contributed by atoms with van der Waals surface area (Å²) in [6, 6.07) is 12.2. The Bertz CT molecular complexity index is 806. The lowest BCUT2D eigenvalue weighted by atomic mass is 10.1. The molecule has 0 aliphatic heterocycles. The van der Waals surface area contributed by atoms with E-state index in [9.17, 15) is 9.59 Å². The van der Waals surface area contributed by atoms with Crippen LogP contribution >= 0.6 is 0 Å². The third kappa shape index (κ3) is 6.82. The van der Waals surface area contributed by atoms with Crippen molar-refractivity contribution in [2.45, 2.75) is 45.4 Å². The summed E-state index contributed by atoms with van der Waals surface area (Å²) in [5.41, 5.74) is 1.52. The molecule has 0 aliphatic rings. The molecular formula is C23H30N2O4. The number of hydrogen-bond donors (Lipinski definition) is 2. The van der Waals surface area contributed by atoms with Crippen LogP contribution < -0.4 is 20.1 Å². The molecule has 0 saturated carbocycles. The number of carbonyl (C=O) groups is 2. The summed E-state index contributed by atoms with van der Waals surface area (Å²) in [6.07, 6.45) is 5.89. The van der Waals surface area contributed by atoms with Crippen molar-refractivity contribution in [2.24, 2.45) is 0 Å². The molecule has 0 radical (unpaired) electrons. The number of anilines is 2. The van der Waals surface area contributed by atoms with Gasteiger partial charge in [0.05, 0.1) is 25.6 Å². The SMILES string of the molecule is CCCCCCCC(=O)Nc1cc(OC)c(NC(=O)c2ccccc2)cc1OC. The van der Waals surface area contributed by atoms with E-state index >= 15 is 0 Å². The fraction of sp³-hybridized carbons (Fsp3) is 0.391. The monoisotopic (exact) mass is 398 g/mol. The Morgan fingerprint density at radius 1 is 0.828 bits per heavy atom. The molecule has 0 fully saturated rings. The summed E-state index contributed by atoms with van der Waals surface area (Å²) in [6.45, 7) is 2.16. The van der Waals surface area contributed by atoms with Crippen LogP contribution in [-0.2, 0) is 4.79 Å². The van der Waals surface area contributed by atoms with Crippen LogP contribution in [0.3, 0.4) is 0 Å². The first-order valence-corrected chi connectivity index (χ1v) is 10.0. The maximum Gasteiger partial charge on any atom is 0.255 e. The zero-order chi connectivity index (χ0) is 21.1. The highest BCUT2D eigenvalue weighted by Gasteiger charge is 2.16. The maximum atomic E-state index is 12.5. The smallest absolute Gasteiger partial charge is 0.255 e. The summed E-state index contributed by atoms with van der Waals surface area (Å²) in [4.78, 5) is 24.7. The number of methoxy groups -OCH3 is 2. The number of ether oxygens (including phenoxy) is 2. The molecule has 29 heavy (non-hydrogen) atoms. The molecular weight excluding hydrogens is 368 g/mol. The van der Waals surface area contributed by atoms with Crippen LogP contribution in [0.5, 0.6) is 11.5 Å². The van der Waals surface area contributed by atoms with Crippen LogP contribution in [0.2, 0.25) is 0 Å². The molecule has 6 nitrogen and oxygen atoms in total. The van der Waals surface area contributed by atoms with Gasteiger partial charge < -0.3 is 20.1 Å². The molecule has 0 spiro atoms. The van der Waals surface area contributed by atoms with Crippen molar-refractivity contribution in [1.29, 1.82) is 0 Å². The summed E-state index contributed by atoms with van der Waals surface area (Å²) in [5.74, 6) is 0.569. The molecule has 0 saturated heterocycles. The lowest BCUT2D eigenvalue weighted by Crippen LogP contribution is -2.14. The molecule has 0 atom stereocenters. The van der Waals surface area contributed by atoms with Gasteiger partial charge in [0, 0.05) is 24.1 Å². The number of amides is 2. The Hall–Kier alpha value is -3.02. The number of carbonyl (C=O) groups excluding carboxylic acids is 2. The Balaban J connectivity index is 2.08. The summed E-state index contributed by atoms with van der Waals surface area (Å²) in [7, 11) is 3.03. The van der Waals surface area contributed by atoms with Gasteiger partial charge in [-0.3, -0.25) is 9.59 Å². The van der Waals surface area contributed by atoms with Gasteiger partial charge in [-0.1, -0.05) is 50.8 Å². The summed E-state index contributed by atoms with van der Waals surface area (Å²) >= 11 is 0. The summed E-state index contributed by atoms with van der Waals surface area (Å²) < 4.78 is 10.8. The van der Waals surface area contributed by atoms with Crippen LogP contribution in [0.25, 0.3) is 0 Å². The largest absolute Gasteiger partial charge is 0.494 e. The van der Waals surface area contributed by atoms with E-state index in [4.69, 9.17) is 9.47 Å². The number of benzene rings is 2. The Kier molecular flexibility index (Phi) is 9.02. The number of hydrogen-bond acceptors (Lipinski definition) is 4. The molecule has 2 aromatic carbocycles. The Labute approximate surface area is 172 Å². The van der Waals surface area contributed by atoms with Gasteiger partial charge in [0.2, 0.25) is 5.91 Å². The lowest BCUT2D eigenvalue weighted by molar-refractivity contribution is -0.116. The van der Waals surface area contributed by atoms with E-state index < -0.39 is 0 Å². The van der Waals surface area contributed by atoms with Crippen molar-refractivity contribution in [1.82, 2.24) is 0 Å². The second-order valence-corrected chi connectivity index (χ2v) is 6.79. The fourth-order valence-corrected chi connectivity index (χ4v) is 2.98. The molecule has 2 N–H and O–H groups in total. The Morgan fingerprint density at radius 3 is 2.00 bits per heavy atom. The molecule has 2 amide bonds. The zero-order valence-electron chi connectivity index (χ0n) is 17.4. The van der Waals surface area contributed by atoms with E-state index in [2.05, 4.69) is 17.6 Å². The van der Waals surface area contributed by atoms with Gasteiger partial charge in [0.15, 0.2) is 0 Å². The second kappa shape index (κ2) is 11.7. The lowest BCUT2D eigenvalue weighted by Gasteiger charge is -2.16. The fourth-order valence-electron chi connectivity index (χ4n) is 2.98. The van der Waals surface area contributed by atoms with E-state index in [1.165, 1.54) is 27.1 Å². The first kappa shape index (κ1) is 22.3. The topological polar surface area (TPSA) is 76.7 Å². The highest BCUT2D eigenvalue weighted by Crippen LogP contribution is 2.36. The molecule has 0 bridgehead atoms. The van der Waals surface area contributed by atoms with Crippen molar-refractivity contribution in [3.05, 3.63) is 48.0 Å². The first-order chi connectivity index (χ1) is 14.1. The normalized spacial score (nSPS) is 10.3. The molecule has 0 aliphatic carbocycles. The molecule has 6 heteroatoms. The Morgan fingerprint density at radius 2 is 1.41 bits per heavy atom.